The van der Waals surface area contributed by atoms with Crippen LogP contribution in [0.5, 0.6) is 0 Å². The summed E-state index contributed by atoms with van der Waals surface area (Å²) in [5.41, 5.74) is 5.49. The Morgan fingerprint density at radius 1 is 1.15 bits per heavy atom. The highest BCUT2D eigenvalue weighted by Crippen LogP contribution is 2.29. The van der Waals surface area contributed by atoms with E-state index in [0.29, 0.717) is 11.4 Å². The fourth-order valence-electron chi connectivity index (χ4n) is 3.49. The minimum atomic E-state index is -0.341. The van der Waals surface area contributed by atoms with Crippen LogP contribution in [0.1, 0.15) is 39.3 Å². The predicted molar refractivity (Wildman–Crippen MR) is 99.4 cm³/mol. The van der Waals surface area contributed by atoms with Crippen molar-refractivity contribution in [2.45, 2.75) is 33.1 Å². The first-order valence-corrected chi connectivity index (χ1v) is 8.79. The van der Waals surface area contributed by atoms with E-state index in [1.165, 1.54) is 6.07 Å². The van der Waals surface area contributed by atoms with Crippen LogP contribution in [0.4, 0.5) is 10.1 Å². The number of anilines is 1. The highest BCUT2D eigenvalue weighted by Gasteiger charge is 2.28. The number of nitrogens with one attached hydrogen (secondary N) is 1. The maximum Gasteiger partial charge on any atom is 0.276 e. The Morgan fingerprint density at radius 3 is 2.77 bits per heavy atom. The van der Waals surface area contributed by atoms with Gasteiger partial charge in [0, 0.05) is 16.9 Å². The SMILES string of the molecule is Cc1ccc(C)c(NC(=O)c2nn(-c3ccccc3F)c3c2CCC3)c1. The van der Waals surface area contributed by atoms with Gasteiger partial charge in [0.2, 0.25) is 0 Å². The average molecular weight is 349 g/mol. The van der Waals surface area contributed by atoms with Gasteiger partial charge in [-0.1, -0.05) is 24.3 Å². The van der Waals surface area contributed by atoms with E-state index in [-0.39, 0.29) is 11.7 Å². The Balaban J connectivity index is 1.74. The number of carbonyl (C=O) groups is 1. The summed E-state index contributed by atoms with van der Waals surface area (Å²) in [6, 6.07) is 12.5. The summed E-state index contributed by atoms with van der Waals surface area (Å²) in [6.45, 7) is 3.94. The third kappa shape index (κ3) is 2.79. The molecule has 1 heterocycles. The molecule has 0 aliphatic heterocycles. The molecule has 5 heteroatoms. The molecular formula is C21H20FN3O. The van der Waals surface area contributed by atoms with E-state index in [1.54, 1.807) is 22.9 Å². The van der Waals surface area contributed by atoms with Gasteiger partial charge >= 0.3 is 0 Å². The monoisotopic (exact) mass is 349 g/mol. The van der Waals surface area contributed by atoms with Crippen LogP contribution < -0.4 is 5.32 Å². The molecule has 1 aromatic heterocycles. The minimum absolute atomic E-state index is 0.244. The topological polar surface area (TPSA) is 46.9 Å². The largest absolute Gasteiger partial charge is 0.320 e. The Hall–Kier alpha value is -2.95. The van der Waals surface area contributed by atoms with Crippen LogP contribution in [0.3, 0.4) is 0 Å². The Bertz CT molecular complexity index is 1010. The zero-order valence-electron chi connectivity index (χ0n) is 14.8. The lowest BCUT2D eigenvalue weighted by molar-refractivity contribution is 0.102. The molecule has 26 heavy (non-hydrogen) atoms. The number of nitrogens with zero attached hydrogens (tertiary/aromatic N) is 2. The summed E-state index contributed by atoms with van der Waals surface area (Å²) in [4.78, 5) is 12.9. The second-order valence-corrected chi connectivity index (χ2v) is 6.76. The van der Waals surface area contributed by atoms with E-state index >= 15 is 0 Å². The number of hydrogen-bond donors (Lipinski definition) is 1. The Labute approximate surface area is 151 Å². The maximum atomic E-state index is 14.2. The third-order valence-electron chi connectivity index (χ3n) is 4.87. The minimum Gasteiger partial charge on any atom is -0.320 e. The van der Waals surface area contributed by atoms with Crippen LogP contribution in [0.25, 0.3) is 5.69 Å². The second-order valence-electron chi connectivity index (χ2n) is 6.76. The summed E-state index contributed by atoms with van der Waals surface area (Å²) in [5, 5.41) is 7.44. The van der Waals surface area contributed by atoms with Gasteiger partial charge in [-0.05, 0) is 62.4 Å². The van der Waals surface area contributed by atoms with E-state index < -0.39 is 0 Å². The van der Waals surface area contributed by atoms with Gasteiger partial charge in [-0.3, -0.25) is 4.79 Å². The van der Waals surface area contributed by atoms with Gasteiger partial charge in [0.1, 0.15) is 11.5 Å². The molecule has 1 amide bonds. The molecule has 0 unspecified atom stereocenters. The predicted octanol–water partition coefficient (Wildman–Crippen LogP) is 4.37. The zero-order chi connectivity index (χ0) is 18.3. The second kappa shape index (κ2) is 6.41. The van der Waals surface area contributed by atoms with Gasteiger partial charge in [-0.25, -0.2) is 9.07 Å². The molecule has 0 fully saturated rings. The molecule has 4 rings (SSSR count). The molecule has 0 atom stereocenters. The van der Waals surface area contributed by atoms with Crippen molar-refractivity contribution >= 4 is 11.6 Å². The van der Waals surface area contributed by atoms with E-state index in [4.69, 9.17) is 0 Å². The van der Waals surface area contributed by atoms with E-state index in [2.05, 4.69) is 10.4 Å². The molecule has 0 saturated heterocycles. The van der Waals surface area contributed by atoms with E-state index in [0.717, 1.165) is 47.3 Å². The van der Waals surface area contributed by atoms with Crippen molar-refractivity contribution in [3.8, 4) is 5.69 Å². The first-order chi connectivity index (χ1) is 12.5. The lowest BCUT2D eigenvalue weighted by Gasteiger charge is -2.09. The first-order valence-electron chi connectivity index (χ1n) is 8.79. The Morgan fingerprint density at radius 2 is 1.96 bits per heavy atom. The smallest absolute Gasteiger partial charge is 0.276 e. The van der Waals surface area contributed by atoms with Gasteiger partial charge in [-0.2, -0.15) is 5.10 Å². The molecule has 4 nitrogen and oxygen atoms in total. The standard InChI is InChI=1S/C21H20FN3O/c1-13-10-11-14(2)17(12-13)23-21(26)20-15-6-5-9-18(15)25(24-20)19-8-4-3-7-16(19)22/h3-4,7-8,10-12H,5-6,9H2,1-2H3,(H,23,26). The number of fused-ring (bicyclic) bond motifs is 1. The fraction of sp³-hybridized carbons (Fsp3) is 0.238. The number of amides is 1. The fourth-order valence-corrected chi connectivity index (χ4v) is 3.49. The highest BCUT2D eigenvalue weighted by molar-refractivity contribution is 6.04. The van der Waals surface area contributed by atoms with Crippen LogP contribution in [-0.4, -0.2) is 15.7 Å². The number of aryl methyl sites for hydroxylation is 2. The van der Waals surface area contributed by atoms with Gasteiger partial charge in [0.25, 0.3) is 5.91 Å². The van der Waals surface area contributed by atoms with E-state index in [1.807, 2.05) is 32.0 Å². The first kappa shape index (κ1) is 16.5. The summed E-state index contributed by atoms with van der Waals surface area (Å²) in [7, 11) is 0. The van der Waals surface area contributed by atoms with Crippen LogP contribution in [0.2, 0.25) is 0 Å². The number of benzene rings is 2. The van der Waals surface area contributed by atoms with Crippen LogP contribution >= 0.6 is 0 Å². The number of carbonyl (C=O) groups excluding carboxylic acids is 1. The van der Waals surface area contributed by atoms with Gasteiger partial charge in [-0.15, -0.1) is 0 Å². The lowest BCUT2D eigenvalue weighted by atomic mass is 10.1. The summed E-state index contributed by atoms with van der Waals surface area (Å²) in [6.07, 6.45) is 2.54. The average Bonchev–Trinajstić information content (AvgIpc) is 3.21. The highest BCUT2D eigenvalue weighted by atomic mass is 19.1. The molecule has 1 N–H and O–H groups in total. The van der Waals surface area contributed by atoms with Crippen LogP contribution in [-0.2, 0) is 12.8 Å². The van der Waals surface area contributed by atoms with Crippen molar-refractivity contribution in [2.75, 3.05) is 5.32 Å². The maximum absolute atomic E-state index is 14.2. The molecule has 1 aliphatic rings. The summed E-state index contributed by atoms with van der Waals surface area (Å²) >= 11 is 0. The van der Waals surface area contributed by atoms with Crippen LogP contribution in [0.15, 0.2) is 42.5 Å². The molecule has 0 saturated carbocycles. The molecule has 0 radical (unpaired) electrons. The number of hydrogen-bond acceptors (Lipinski definition) is 2. The zero-order valence-corrected chi connectivity index (χ0v) is 14.8. The molecule has 0 bridgehead atoms. The quantitative estimate of drug-likeness (QED) is 0.763. The summed E-state index contributed by atoms with van der Waals surface area (Å²) < 4.78 is 15.8. The summed E-state index contributed by atoms with van der Waals surface area (Å²) in [5.74, 6) is -0.585. The number of rotatable bonds is 3. The van der Waals surface area contributed by atoms with Crippen molar-refractivity contribution < 1.29 is 9.18 Å². The number of halogens is 1. The van der Waals surface area contributed by atoms with Crippen molar-refractivity contribution in [3.05, 3.63) is 76.4 Å². The molecular weight excluding hydrogens is 329 g/mol. The molecule has 2 aromatic carbocycles. The number of para-hydroxylation sites is 1. The van der Waals surface area contributed by atoms with Gasteiger partial charge in [0.15, 0.2) is 5.69 Å². The van der Waals surface area contributed by atoms with Crippen molar-refractivity contribution in [1.82, 2.24) is 9.78 Å². The lowest BCUT2D eigenvalue weighted by Crippen LogP contribution is -2.16. The molecule has 0 spiro atoms. The molecule has 132 valence electrons. The normalized spacial score (nSPS) is 12.9. The van der Waals surface area contributed by atoms with Crippen molar-refractivity contribution in [3.63, 3.8) is 0 Å². The van der Waals surface area contributed by atoms with Crippen molar-refractivity contribution in [2.24, 2.45) is 0 Å². The number of aromatic nitrogens is 2. The van der Waals surface area contributed by atoms with Gasteiger partial charge < -0.3 is 5.32 Å². The molecule has 1 aliphatic carbocycles. The van der Waals surface area contributed by atoms with Crippen LogP contribution in [0, 0.1) is 19.7 Å². The molecule has 3 aromatic rings. The van der Waals surface area contributed by atoms with E-state index in [9.17, 15) is 9.18 Å². The van der Waals surface area contributed by atoms with Gasteiger partial charge in [0.05, 0.1) is 0 Å². The third-order valence-corrected chi connectivity index (χ3v) is 4.87. The Kier molecular flexibility index (Phi) is 4.07. The van der Waals surface area contributed by atoms with Crippen molar-refractivity contribution in [1.29, 1.82) is 0 Å².